The molecule has 1 saturated heterocycles. The summed E-state index contributed by atoms with van der Waals surface area (Å²) >= 11 is 0. The summed E-state index contributed by atoms with van der Waals surface area (Å²) in [5, 5.41) is 0. The second-order valence-corrected chi connectivity index (χ2v) is 6.06. The van der Waals surface area contributed by atoms with Crippen LogP contribution in [0.5, 0.6) is 0 Å². The highest BCUT2D eigenvalue weighted by Gasteiger charge is 2.37. The van der Waals surface area contributed by atoms with Crippen LogP contribution in [0.15, 0.2) is 30.3 Å². The van der Waals surface area contributed by atoms with Gasteiger partial charge in [0.1, 0.15) is 0 Å². The summed E-state index contributed by atoms with van der Waals surface area (Å²) in [6, 6.07) is 11.0. The Morgan fingerprint density at radius 3 is 2.47 bits per heavy atom. The average Bonchev–Trinajstić information content (AvgIpc) is 3.08. The molecule has 0 N–H and O–H groups in total. The summed E-state index contributed by atoms with van der Waals surface area (Å²) in [5.74, 6) is 1.26. The number of carbonyl (C=O) groups excluding carboxylic acids is 1. The Hall–Kier alpha value is -1.31. The molecule has 19 heavy (non-hydrogen) atoms. The minimum Gasteiger partial charge on any atom is -0.339 e. The first kappa shape index (κ1) is 12.7. The maximum absolute atomic E-state index is 12.6. The third-order valence-electron chi connectivity index (χ3n) is 4.97. The highest BCUT2D eigenvalue weighted by atomic mass is 16.2. The molecule has 1 aromatic rings. The van der Waals surface area contributed by atoms with E-state index < -0.39 is 0 Å². The lowest BCUT2D eigenvalue weighted by molar-refractivity contribution is -0.136. The van der Waals surface area contributed by atoms with Crippen LogP contribution in [0.4, 0.5) is 0 Å². The van der Waals surface area contributed by atoms with Crippen molar-refractivity contribution in [2.24, 2.45) is 5.92 Å². The van der Waals surface area contributed by atoms with Crippen LogP contribution in [0.25, 0.3) is 0 Å². The van der Waals surface area contributed by atoms with Gasteiger partial charge in [-0.2, -0.15) is 0 Å². The van der Waals surface area contributed by atoms with Gasteiger partial charge in [0.05, 0.1) is 0 Å². The third-order valence-corrected chi connectivity index (χ3v) is 4.97. The molecule has 1 aliphatic heterocycles. The summed E-state index contributed by atoms with van der Waals surface area (Å²) < 4.78 is 0. The minimum atomic E-state index is 0.317. The fraction of sp³-hybridized carbons (Fsp3) is 0.588. The predicted octanol–water partition coefficient (Wildman–Crippen LogP) is 3.58. The number of benzene rings is 1. The monoisotopic (exact) mass is 257 g/mol. The van der Waals surface area contributed by atoms with Gasteiger partial charge in [-0.05, 0) is 31.7 Å². The van der Waals surface area contributed by atoms with Crippen LogP contribution in [0.2, 0.25) is 0 Å². The van der Waals surface area contributed by atoms with E-state index >= 15 is 0 Å². The smallest absolute Gasteiger partial charge is 0.225 e. The molecular formula is C17H23NO. The maximum Gasteiger partial charge on any atom is 0.225 e. The van der Waals surface area contributed by atoms with Crippen LogP contribution < -0.4 is 0 Å². The van der Waals surface area contributed by atoms with Crippen LogP contribution in [-0.2, 0) is 4.79 Å². The molecule has 1 aliphatic carbocycles. The number of nitrogens with zero attached hydrogens (tertiary/aromatic N) is 1. The van der Waals surface area contributed by atoms with Crippen LogP contribution in [0.3, 0.4) is 0 Å². The Labute approximate surface area is 115 Å². The van der Waals surface area contributed by atoms with Gasteiger partial charge in [0.25, 0.3) is 0 Å². The molecule has 2 heteroatoms. The van der Waals surface area contributed by atoms with Crippen molar-refractivity contribution in [3.8, 4) is 0 Å². The summed E-state index contributed by atoms with van der Waals surface area (Å²) in [5.41, 5.74) is 1.39. The van der Waals surface area contributed by atoms with Crippen molar-refractivity contribution >= 4 is 5.91 Å². The molecule has 0 spiro atoms. The van der Waals surface area contributed by atoms with E-state index in [1.165, 1.54) is 18.4 Å². The normalized spacial score (nSPS) is 27.9. The first-order chi connectivity index (χ1) is 9.27. The lowest BCUT2D eigenvalue weighted by atomic mass is 9.92. The molecule has 1 heterocycles. The summed E-state index contributed by atoms with van der Waals surface area (Å²) in [6.45, 7) is 3.16. The fourth-order valence-electron chi connectivity index (χ4n) is 3.80. The maximum atomic E-state index is 12.6. The van der Waals surface area contributed by atoms with E-state index in [1.54, 1.807) is 0 Å². The SMILES string of the molecule is C[C@H]1[C@H](c2ccccc2)CCN1C(=O)C1CCCC1. The van der Waals surface area contributed by atoms with Gasteiger partial charge in [0.15, 0.2) is 0 Å². The minimum absolute atomic E-state index is 0.317. The molecule has 2 atom stereocenters. The molecule has 2 fully saturated rings. The van der Waals surface area contributed by atoms with Crippen molar-refractivity contribution in [3.05, 3.63) is 35.9 Å². The molecule has 1 aromatic carbocycles. The highest BCUT2D eigenvalue weighted by molar-refractivity contribution is 5.79. The van der Waals surface area contributed by atoms with E-state index in [-0.39, 0.29) is 0 Å². The largest absolute Gasteiger partial charge is 0.339 e. The van der Waals surface area contributed by atoms with E-state index in [0.29, 0.717) is 23.8 Å². The topological polar surface area (TPSA) is 20.3 Å². The van der Waals surface area contributed by atoms with E-state index in [0.717, 1.165) is 25.8 Å². The van der Waals surface area contributed by atoms with Gasteiger partial charge in [0.2, 0.25) is 5.91 Å². The molecule has 102 valence electrons. The molecule has 0 aromatic heterocycles. The first-order valence-electron chi connectivity index (χ1n) is 7.63. The zero-order chi connectivity index (χ0) is 13.2. The second-order valence-electron chi connectivity index (χ2n) is 6.06. The Morgan fingerprint density at radius 2 is 1.79 bits per heavy atom. The van der Waals surface area contributed by atoms with Crippen LogP contribution in [0.1, 0.15) is 50.5 Å². The van der Waals surface area contributed by atoms with Crippen LogP contribution in [-0.4, -0.2) is 23.4 Å². The molecule has 2 aliphatic rings. The van der Waals surface area contributed by atoms with E-state index in [1.807, 2.05) is 0 Å². The summed E-state index contributed by atoms with van der Waals surface area (Å²) in [4.78, 5) is 14.7. The fourth-order valence-corrected chi connectivity index (χ4v) is 3.80. The van der Waals surface area contributed by atoms with E-state index in [4.69, 9.17) is 0 Å². The molecule has 1 amide bonds. The first-order valence-corrected chi connectivity index (χ1v) is 7.63. The Morgan fingerprint density at radius 1 is 1.11 bits per heavy atom. The van der Waals surface area contributed by atoms with Crippen LogP contribution in [0, 0.1) is 5.92 Å². The van der Waals surface area contributed by atoms with Gasteiger partial charge in [-0.25, -0.2) is 0 Å². The molecular weight excluding hydrogens is 234 g/mol. The lowest BCUT2D eigenvalue weighted by Gasteiger charge is -2.27. The average molecular weight is 257 g/mol. The Kier molecular flexibility index (Phi) is 3.58. The van der Waals surface area contributed by atoms with Crippen molar-refractivity contribution in [1.29, 1.82) is 0 Å². The third kappa shape index (κ3) is 2.41. The van der Waals surface area contributed by atoms with Gasteiger partial charge in [-0.3, -0.25) is 4.79 Å². The molecule has 2 nitrogen and oxygen atoms in total. The highest BCUT2D eigenvalue weighted by Crippen LogP contribution is 2.36. The zero-order valence-corrected chi connectivity index (χ0v) is 11.7. The molecule has 1 saturated carbocycles. The van der Waals surface area contributed by atoms with Gasteiger partial charge in [0, 0.05) is 24.4 Å². The number of carbonyl (C=O) groups is 1. The Bertz CT molecular complexity index is 436. The van der Waals surface area contributed by atoms with E-state index in [2.05, 4.69) is 42.2 Å². The standard InChI is InChI=1S/C17H23NO/c1-13-16(14-7-3-2-4-8-14)11-12-18(13)17(19)15-9-5-6-10-15/h2-4,7-8,13,15-16H,5-6,9-12H2,1H3/t13-,16+/m0/s1. The number of likely N-dealkylation sites (tertiary alicyclic amines) is 1. The van der Waals surface area contributed by atoms with Crippen molar-refractivity contribution in [2.45, 2.75) is 51.0 Å². The predicted molar refractivity (Wildman–Crippen MR) is 76.9 cm³/mol. The number of rotatable bonds is 2. The lowest BCUT2D eigenvalue weighted by Crippen LogP contribution is -2.38. The van der Waals surface area contributed by atoms with Crippen molar-refractivity contribution < 1.29 is 4.79 Å². The zero-order valence-electron chi connectivity index (χ0n) is 11.7. The van der Waals surface area contributed by atoms with Crippen LogP contribution >= 0.6 is 0 Å². The van der Waals surface area contributed by atoms with E-state index in [9.17, 15) is 4.79 Å². The number of hydrogen-bond donors (Lipinski definition) is 0. The Balaban J connectivity index is 1.71. The number of amides is 1. The second kappa shape index (κ2) is 5.36. The van der Waals surface area contributed by atoms with Gasteiger partial charge in [-0.15, -0.1) is 0 Å². The summed E-state index contributed by atoms with van der Waals surface area (Å²) in [6.07, 6.45) is 5.81. The molecule has 0 radical (unpaired) electrons. The van der Waals surface area contributed by atoms with Crippen molar-refractivity contribution in [2.75, 3.05) is 6.54 Å². The number of hydrogen-bond acceptors (Lipinski definition) is 1. The summed E-state index contributed by atoms with van der Waals surface area (Å²) in [7, 11) is 0. The van der Waals surface area contributed by atoms with Gasteiger partial charge in [-0.1, -0.05) is 43.2 Å². The molecule has 0 bridgehead atoms. The van der Waals surface area contributed by atoms with Gasteiger partial charge < -0.3 is 4.90 Å². The van der Waals surface area contributed by atoms with Crippen molar-refractivity contribution in [3.63, 3.8) is 0 Å². The van der Waals surface area contributed by atoms with Gasteiger partial charge >= 0.3 is 0 Å². The quantitative estimate of drug-likeness (QED) is 0.793. The molecule has 0 unspecified atom stereocenters. The molecule has 3 rings (SSSR count). The van der Waals surface area contributed by atoms with Crippen molar-refractivity contribution in [1.82, 2.24) is 4.90 Å².